The van der Waals surface area contributed by atoms with Crippen LogP contribution in [-0.4, -0.2) is 35.1 Å². The Kier molecular flexibility index (Phi) is 6.26. The minimum absolute atomic E-state index is 0.234. The number of anilines is 1. The Morgan fingerprint density at radius 3 is 2.43 bits per heavy atom. The van der Waals surface area contributed by atoms with Gasteiger partial charge in [-0.05, 0) is 36.8 Å². The third-order valence-electron chi connectivity index (χ3n) is 3.42. The van der Waals surface area contributed by atoms with E-state index in [0.717, 1.165) is 16.8 Å². The molecular weight excluding hydrogens is 309 g/mol. The van der Waals surface area contributed by atoms with Gasteiger partial charge in [0, 0.05) is 37.5 Å². The average molecular weight is 333 g/mol. The zero-order chi connectivity index (χ0) is 16.8. The Labute approximate surface area is 140 Å². The SMILES string of the molecule is COCOc1ccc(OC)cc1Pc1ccc(C)cc1N(C)C. The number of hydrogen-bond donors (Lipinski definition) is 0. The first kappa shape index (κ1) is 17.6. The maximum absolute atomic E-state index is 5.70. The highest BCUT2D eigenvalue weighted by molar-refractivity contribution is 7.56. The van der Waals surface area contributed by atoms with Gasteiger partial charge >= 0.3 is 0 Å². The van der Waals surface area contributed by atoms with E-state index in [2.05, 4.69) is 44.1 Å². The number of aryl methyl sites for hydroxylation is 1. The lowest BCUT2D eigenvalue weighted by Crippen LogP contribution is -2.19. The molecule has 0 saturated carbocycles. The van der Waals surface area contributed by atoms with Crippen LogP contribution in [0.4, 0.5) is 5.69 Å². The Bertz CT molecular complexity index is 659. The fourth-order valence-electron chi connectivity index (χ4n) is 2.24. The van der Waals surface area contributed by atoms with Crippen LogP contribution in [0.15, 0.2) is 36.4 Å². The fourth-order valence-corrected chi connectivity index (χ4v) is 3.62. The number of methoxy groups -OCH3 is 2. The molecule has 0 bridgehead atoms. The van der Waals surface area contributed by atoms with Crippen molar-refractivity contribution in [1.29, 1.82) is 0 Å². The van der Waals surface area contributed by atoms with Gasteiger partial charge < -0.3 is 19.1 Å². The summed E-state index contributed by atoms with van der Waals surface area (Å²) in [6.45, 7) is 2.34. The summed E-state index contributed by atoms with van der Waals surface area (Å²) in [5, 5.41) is 2.38. The molecule has 23 heavy (non-hydrogen) atoms. The first-order chi connectivity index (χ1) is 11.0. The molecule has 0 aromatic heterocycles. The van der Waals surface area contributed by atoms with E-state index in [-0.39, 0.29) is 6.79 Å². The molecule has 0 saturated heterocycles. The summed E-state index contributed by atoms with van der Waals surface area (Å²) in [6.07, 6.45) is 0. The second-order valence-corrected chi connectivity index (χ2v) is 6.78. The minimum atomic E-state index is 0.234. The molecule has 0 fully saturated rings. The number of hydrogen-bond acceptors (Lipinski definition) is 4. The van der Waals surface area contributed by atoms with E-state index < -0.39 is 0 Å². The van der Waals surface area contributed by atoms with Crippen LogP contribution in [0.5, 0.6) is 11.5 Å². The van der Waals surface area contributed by atoms with Crippen LogP contribution in [0.25, 0.3) is 0 Å². The van der Waals surface area contributed by atoms with E-state index in [1.165, 1.54) is 16.6 Å². The van der Waals surface area contributed by atoms with E-state index in [4.69, 9.17) is 14.2 Å². The normalized spacial score (nSPS) is 11.0. The molecule has 0 aliphatic carbocycles. The lowest BCUT2D eigenvalue weighted by molar-refractivity contribution is 0.0519. The molecule has 0 heterocycles. The number of nitrogens with zero attached hydrogens (tertiary/aromatic N) is 1. The molecule has 0 N–H and O–H groups in total. The van der Waals surface area contributed by atoms with Gasteiger partial charge in [0.2, 0.25) is 0 Å². The molecule has 0 amide bonds. The summed E-state index contributed by atoms with van der Waals surface area (Å²) in [5.41, 5.74) is 2.48. The van der Waals surface area contributed by atoms with Gasteiger partial charge in [0.25, 0.3) is 0 Å². The zero-order valence-electron chi connectivity index (χ0n) is 14.3. The standard InChI is InChI=1S/C18H24NO3P/c1-13-6-9-17(15(10-13)19(2)3)23-18-11-14(21-5)7-8-16(18)22-12-20-4/h6-11,23H,12H2,1-5H3. The van der Waals surface area contributed by atoms with Gasteiger partial charge in [0.15, 0.2) is 6.79 Å². The van der Waals surface area contributed by atoms with Gasteiger partial charge in [-0.15, -0.1) is 0 Å². The third kappa shape index (κ3) is 4.60. The maximum Gasteiger partial charge on any atom is 0.188 e. The van der Waals surface area contributed by atoms with Crippen LogP contribution in [-0.2, 0) is 4.74 Å². The lowest BCUT2D eigenvalue weighted by Gasteiger charge is -2.19. The molecule has 2 rings (SSSR count). The molecule has 5 heteroatoms. The summed E-state index contributed by atoms with van der Waals surface area (Å²) in [4.78, 5) is 2.14. The molecule has 1 atom stereocenters. The summed E-state index contributed by atoms with van der Waals surface area (Å²) < 4.78 is 16.1. The van der Waals surface area contributed by atoms with E-state index >= 15 is 0 Å². The zero-order valence-corrected chi connectivity index (χ0v) is 15.3. The number of benzene rings is 2. The molecule has 2 aromatic rings. The van der Waals surface area contributed by atoms with Gasteiger partial charge in [0.05, 0.1) is 7.11 Å². The smallest absolute Gasteiger partial charge is 0.188 e. The van der Waals surface area contributed by atoms with Crippen LogP contribution in [0.1, 0.15) is 5.56 Å². The maximum atomic E-state index is 5.70. The van der Waals surface area contributed by atoms with Gasteiger partial charge in [-0.1, -0.05) is 20.7 Å². The highest BCUT2D eigenvalue weighted by Crippen LogP contribution is 2.27. The first-order valence-corrected chi connectivity index (χ1v) is 8.40. The molecule has 124 valence electrons. The van der Waals surface area contributed by atoms with E-state index in [1.54, 1.807) is 14.2 Å². The predicted molar refractivity (Wildman–Crippen MR) is 98.6 cm³/mol. The minimum Gasteiger partial charge on any atom is -0.497 e. The van der Waals surface area contributed by atoms with E-state index in [9.17, 15) is 0 Å². The van der Waals surface area contributed by atoms with Crippen molar-refractivity contribution < 1.29 is 14.2 Å². The second-order valence-electron chi connectivity index (χ2n) is 5.45. The molecule has 2 aromatic carbocycles. The molecule has 4 nitrogen and oxygen atoms in total. The number of ether oxygens (including phenoxy) is 3. The topological polar surface area (TPSA) is 30.9 Å². The fraction of sp³-hybridized carbons (Fsp3) is 0.333. The Balaban J connectivity index is 2.38. The van der Waals surface area contributed by atoms with E-state index in [0.29, 0.717) is 8.58 Å². The van der Waals surface area contributed by atoms with Crippen molar-refractivity contribution in [3.05, 3.63) is 42.0 Å². The highest BCUT2D eigenvalue weighted by Gasteiger charge is 2.11. The molecule has 0 aliphatic rings. The van der Waals surface area contributed by atoms with Crippen LogP contribution in [0.3, 0.4) is 0 Å². The Morgan fingerprint density at radius 2 is 1.78 bits per heavy atom. The Hall–Kier alpha value is -1.77. The number of rotatable bonds is 7. The summed E-state index contributed by atoms with van der Waals surface area (Å²) in [5.74, 6) is 1.66. The quantitative estimate of drug-likeness (QED) is 0.576. The van der Waals surface area contributed by atoms with E-state index in [1.807, 2.05) is 18.2 Å². The van der Waals surface area contributed by atoms with Gasteiger partial charge in [-0.2, -0.15) is 0 Å². The van der Waals surface area contributed by atoms with Crippen molar-refractivity contribution in [2.24, 2.45) is 0 Å². The largest absolute Gasteiger partial charge is 0.497 e. The molecular formula is C18H24NO3P. The molecule has 0 radical (unpaired) electrons. The van der Waals surface area contributed by atoms with Gasteiger partial charge in [-0.25, -0.2) is 0 Å². The van der Waals surface area contributed by atoms with Crippen LogP contribution in [0, 0.1) is 6.92 Å². The molecule has 0 aliphatic heterocycles. The summed E-state index contributed by atoms with van der Waals surface area (Å²) in [6, 6.07) is 12.4. The van der Waals surface area contributed by atoms with Crippen molar-refractivity contribution in [1.82, 2.24) is 0 Å². The van der Waals surface area contributed by atoms with Crippen LogP contribution >= 0.6 is 8.58 Å². The molecule has 0 spiro atoms. The van der Waals surface area contributed by atoms with Crippen molar-refractivity contribution in [2.45, 2.75) is 6.92 Å². The van der Waals surface area contributed by atoms with Crippen LogP contribution in [0.2, 0.25) is 0 Å². The van der Waals surface area contributed by atoms with Crippen LogP contribution < -0.4 is 25.0 Å². The van der Waals surface area contributed by atoms with Gasteiger partial charge in [-0.3, -0.25) is 0 Å². The lowest BCUT2D eigenvalue weighted by atomic mass is 10.2. The summed E-state index contributed by atoms with van der Waals surface area (Å²) in [7, 11) is 7.90. The van der Waals surface area contributed by atoms with Crippen molar-refractivity contribution in [3.8, 4) is 11.5 Å². The van der Waals surface area contributed by atoms with Gasteiger partial charge in [0.1, 0.15) is 11.5 Å². The second kappa shape index (κ2) is 8.19. The first-order valence-electron chi connectivity index (χ1n) is 7.40. The monoisotopic (exact) mass is 333 g/mol. The third-order valence-corrected chi connectivity index (χ3v) is 4.78. The highest BCUT2D eigenvalue weighted by atomic mass is 31.1. The van der Waals surface area contributed by atoms with Crippen molar-refractivity contribution in [3.63, 3.8) is 0 Å². The predicted octanol–water partition coefficient (Wildman–Crippen LogP) is 2.68. The summed E-state index contributed by atoms with van der Waals surface area (Å²) >= 11 is 0. The Morgan fingerprint density at radius 1 is 1.00 bits per heavy atom. The molecule has 1 unspecified atom stereocenters. The average Bonchev–Trinajstić information content (AvgIpc) is 2.55. The van der Waals surface area contributed by atoms with Crippen molar-refractivity contribution >= 4 is 24.9 Å². The van der Waals surface area contributed by atoms with Crippen molar-refractivity contribution in [2.75, 3.05) is 40.0 Å².